The van der Waals surface area contributed by atoms with Gasteiger partial charge >= 0.3 is 0 Å². The summed E-state index contributed by atoms with van der Waals surface area (Å²) < 4.78 is 5.28. The van der Waals surface area contributed by atoms with Gasteiger partial charge in [-0.05, 0) is 18.2 Å². The molecule has 0 fully saturated rings. The number of hydrogen-bond donors (Lipinski definition) is 0. The van der Waals surface area contributed by atoms with Crippen LogP contribution in [-0.4, -0.2) is 17.3 Å². The summed E-state index contributed by atoms with van der Waals surface area (Å²) in [6, 6.07) is 10.5. The van der Waals surface area contributed by atoms with Crippen LogP contribution in [-0.2, 0) is 0 Å². The fourth-order valence-corrected chi connectivity index (χ4v) is 2.12. The number of benzene rings is 2. The molecule has 0 spiro atoms. The lowest BCUT2D eigenvalue weighted by atomic mass is 10.1. The molecule has 0 aromatic heterocycles. The van der Waals surface area contributed by atoms with Gasteiger partial charge in [0, 0.05) is 17.7 Å². The van der Waals surface area contributed by atoms with Gasteiger partial charge in [-0.3, -0.25) is 14.9 Å². The van der Waals surface area contributed by atoms with Crippen LogP contribution in [0.2, 0.25) is 10.0 Å². The quantitative estimate of drug-likeness (QED) is 0.470. The van der Waals surface area contributed by atoms with Crippen LogP contribution in [0, 0.1) is 10.1 Å². The van der Waals surface area contributed by atoms with E-state index in [9.17, 15) is 14.9 Å². The Kier molecular flexibility index (Phi) is 4.77. The van der Waals surface area contributed by atoms with Gasteiger partial charge in [-0.25, -0.2) is 0 Å². The summed E-state index contributed by atoms with van der Waals surface area (Å²) >= 11 is 11.7. The Morgan fingerprint density at radius 2 is 1.86 bits per heavy atom. The number of ether oxygens (including phenoxy) is 1. The van der Waals surface area contributed by atoms with E-state index in [1.807, 2.05) is 0 Å². The molecule has 0 saturated carbocycles. The number of nitro groups is 1. The predicted octanol–water partition coefficient (Wildman–Crippen LogP) is 4.16. The molecule has 0 unspecified atom stereocenters. The van der Waals surface area contributed by atoms with Crippen molar-refractivity contribution in [3.05, 3.63) is 68.2 Å². The molecule has 0 saturated heterocycles. The molecule has 2 aromatic rings. The zero-order chi connectivity index (χ0) is 15.4. The number of Topliss-reactive ketones (excluding diaryl/α,β-unsaturated/α-hetero) is 1. The minimum Gasteiger partial charge on any atom is -0.485 e. The van der Waals surface area contributed by atoms with Crippen molar-refractivity contribution in [1.29, 1.82) is 0 Å². The Balaban J connectivity index is 2.07. The third-order valence-corrected chi connectivity index (χ3v) is 3.29. The highest BCUT2D eigenvalue weighted by atomic mass is 35.5. The Hall–Kier alpha value is -2.11. The van der Waals surface area contributed by atoms with E-state index in [1.54, 1.807) is 24.3 Å². The number of hydrogen-bond acceptors (Lipinski definition) is 4. The van der Waals surface area contributed by atoms with E-state index in [4.69, 9.17) is 27.9 Å². The lowest BCUT2D eigenvalue weighted by molar-refractivity contribution is -0.384. The molecule has 0 aliphatic carbocycles. The van der Waals surface area contributed by atoms with Crippen molar-refractivity contribution in [3.63, 3.8) is 0 Å². The monoisotopic (exact) mass is 325 g/mol. The molecule has 0 amide bonds. The molecule has 0 aliphatic heterocycles. The maximum atomic E-state index is 11.9. The average molecular weight is 326 g/mol. The van der Waals surface area contributed by atoms with E-state index < -0.39 is 4.92 Å². The number of carbonyl (C=O) groups is 1. The van der Waals surface area contributed by atoms with Crippen molar-refractivity contribution in [2.24, 2.45) is 0 Å². The smallest absolute Gasteiger partial charge is 0.288 e. The first-order valence-electron chi connectivity index (χ1n) is 5.83. The minimum atomic E-state index is -0.596. The summed E-state index contributed by atoms with van der Waals surface area (Å²) in [7, 11) is 0. The number of nitrogens with zero attached hydrogens (tertiary/aromatic N) is 1. The molecule has 108 valence electrons. The second-order valence-corrected chi connectivity index (χ2v) is 4.88. The van der Waals surface area contributed by atoms with Gasteiger partial charge in [0.15, 0.2) is 6.61 Å². The van der Waals surface area contributed by atoms with Gasteiger partial charge in [0.25, 0.3) is 5.69 Å². The van der Waals surface area contributed by atoms with Crippen molar-refractivity contribution in [1.82, 2.24) is 0 Å². The van der Waals surface area contributed by atoms with Crippen LogP contribution in [0.3, 0.4) is 0 Å². The fourth-order valence-electron chi connectivity index (χ4n) is 1.64. The van der Waals surface area contributed by atoms with E-state index in [0.29, 0.717) is 10.6 Å². The molecule has 0 aliphatic rings. The van der Waals surface area contributed by atoms with Crippen LogP contribution in [0.5, 0.6) is 5.75 Å². The van der Waals surface area contributed by atoms with Crippen molar-refractivity contribution in [2.75, 3.05) is 6.61 Å². The molecular formula is C14H9Cl2NO4. The summed E-state index contributed by atoms with van der Waals surface area (Å²) in [5.74, 6) is -0.0268. The normalized spacial score (nSPS) is 10.2. The van der Waals surface area contributed by atoms with Crippen molar-refractivity contribution in [3.8, 4) is 5.75 Å². The second-order valence-electron chi connectivity index (χ2n) is 4.06. The highest BCUT2D eigenvalue weighted by Gasteiger charge is 2.14. The van der Waals surface area contributed by atoms with Crippen LogP contribution >= 0.6 is 23.2 Å². The topological polar surface area (TPSA) is 69.4 Å². The highest BCUT2D eigenvalue weighted by Crippen LogP contribution is 2.28. The maximum absolute atomic E-state index is 11.9. The molecule has 21 heavy (non-hydrogen) atoms. The van der Waals surface area contributed by atoms with E-state index >= 15 is 0 Å². The summed E-state index contributed by atoms with van der Waals surface area (Å²) in [5.41, 5.74) is 0.133. The van der Waals surface area contributed by atoms with E-state index in [2.05, 4.69) is 0 Å². The van der Waals surface area contributed by atoms with Crippen molar-refractivity contribution < 1.29 is 14.5 Å². The maximum Gasteiger partial charge on any atom is 0.288 e. The second kappa shape index (κ2) is 6.56. The molecule has 2 aromatic carbocycles. The first kappa shape index (κ1) is 15.3. The summed E-state index contributed by atoms with van der Waals surface area (Å²) in [5, 5.41) is 10.9. The summed E-state index contributed by atoms with van der Waals surface area (Å²) in [6.07, 6.45) is 0. The van der Waals surface area contributed by atoms with E-state index in [-0.39, 0.29) is 28.8 Å². The Labute approximate surface area is 130 Å². The van der Waals surface area contributed by atoms with Crippen LogP contribution in [0.15, 0.2) is 42.5 Å². The number of rotatable bonds is 5. The third-order valence-electron chi connectivity index (χ3n) is 2.66. The predicted molar refractivity (Wildman–Crippen MR) is 79.4 cm³/mol. The van der Waals surface area contributed by atoms with Crippen molar-refractivity contribution >= 4 is 34.7 Å². The third kappa shape index (κ3) is 3.71. The van der Waals surface area contributed by atoms with Gasteiger partial charge in [0.05, 0.1) is 9.95 Å². The van der Waals surface area contributed by atoms with E-state index in [0.717, 1.165) is 0 Å². The molecule has 0 N–H and O–H groups in total. The van der Waals surface area contributed by atoms with Crippen LogP contribution in [0.1, 0.15) is 10.4 Å². The standard InChI is InChI=1S/C14H9Cl2NO4/c15-11-4-2-1-3-10(11)14(18)8-21-9-5-6-13(17(19)20)12(16)7-9/h1-7H,8H2. The molecule has 0 heterocycles. The molecule has 5 nitrogen and oxygen atoms in total. The van der Waals surface area contributed by atoms with Gasteiger partial charge in [-0.1, -0.05) is 35.3 Å². The van der Waals surface area contributed by atoms with Crippen molar-refractivity contribution in [2.45, 2.75) is 0 Å². The number of ketones is 1. The lowest BCUT2D eigenvalue weighted by Crippen LogP contribution is -2.12. The lowest BCUT2D eigenvalue weighted by Gasteiger charge is -2.07. The van der Waals surface area contributed by atoms with Gasteiger partial charge in [0.2, 0.25) is 5.78 Å². The fraction of sp³-hybridized carbons (Fsp3) is 0.0714. The summed E-state index contributed by atoms with van der Waals surface area (Å²) in [6.45, 7) is -0.238. The van der Waals surface area contributed by atoms with E-state index in [1.165, 1.54) is 18.2 Å². The zero-order valence-electron chi connectivity index (χ0n) is 10.6. The van der Waals surface area contributed by atoms with Crippen LogP contribution in [0.25, 0.3) is 0 Å². The number of halogens is 2. The van der Waals surface area contributed by atoms with Crippen LogP contribution in [0.4, 0.5) is 5.69 Å². The molecule has 0 radical (unpaired) electrons. The molecule has 7 heteroatoms. The largest absolute Gasteiger partial charge is 0.485 e. The number of nitro benzene ring substituents is 1. The zero-order valence-corrected chi connectivity index (χ0v) is 12.1. The van der Waals surface area contributed by atoms with Gasteiger partial charge in [0.1, 0.15) is 10.8 Å². The molecular weight excluding hydrogens is 317 g/mol. The van der Waals surface area contributed by atoms with Gasteiger partial charge < -0.3 is 4.74 Å². The first-order valence-corrected chi connectivity index (χ1v) is 6.59. The number of carbonyl (C=O) groups excluding carboxylic acids is 1. The van der Waals surface area contributed by atoms with Gasteiger partial charge in [-0.2, -0.15) is 0 Å². The molecule has 2 rings (SSSR count). The van der Waals surface area contributed by atoms with Crippen LogP contribution < -0.4 is 4.74 Å². The first-order chi connectivity index (χ1) is 9.99. The Morgan fingerprint density at radius 1 is 1.14 bits per heavy atom. The molecule has 0 atom stereocenters. The summed E-state index contributed by atoms with van der Waals surface area (Å²) in [4.78, 5) is 22.0. The minimum absolute atomic E-state index is 0.0531. The SMILES string of the molecule is O=C(COc1ccc([N+](=O)[O-])c(Cl)c1)c1ccccc1Cl. The van der Waals surface area contributed by atoms with Gasteiger partial charge in [-0.15, -0.1) is 0 Å². The highest BCUT2D eigenvalue weighted by molar-refractivity contribution is 6.34. The molecule has 0 bridgehead atoms. The Bertz CT molecular complexity index is 703. The Morgan fingerprint density at radius 3 is 2.48 bits per heavy atom. The average Bonchev–Trinajstić information content (AvgIpc) is 2.45.